The van der Waals surface area contributed by atoms with Crippen molar-refractivity contribution in [2.75, 3.05) is 13.2 Å². The van der Waals surface area contributed by atoms with Crippen LogP contribution in [0.1, 0.15) is 22.8 Å². The van der Waals surface area contributed by atoms with Gasteiger partial charge in [-0.2, -0.15) is 0 Å². The highest BCUT2D eigenvalue weighted by Gasteiger charge is 2.23. The van der Waals surface area contributed by atoms with Crippen LogP contribution < -0.4 is 0 Å². The summed E-state index contributed by atoms with van der Waals surface area (Å²) in [6, 6.07) is 15.5. The zero-order chi connectivity index (χ0) is 19.5. The number of rotatable bonds is 6. The summed E-state index contributed by atoms with van der Waals surface area (Å²) < 4.78 is 7.40. The number of nitrogens with zero attached hydrogens (tertiary/aromatic N) is 4. The summed E-state index contributed by atoms with van der Waals surface area (Å²) in [6.07, 6.45) is -0.925. The minimum Gasteiger partial charge on any atom is -0.394 e. The molecule has 0 bridgehead atoms. The second-order valence-electron chi connectivity index (χ2n) is 6.41. The molecule has 0 spiro atoms. The van der Waals surface area contributed by atoms with E-state index in [4.69, 9.17) is 26.4 Å². The predicted molar refractivity (Wildman–Crippen MR) is 105 cm³/mol. The maximum absolute atomic E-state index is 9.47. The molecular formula is C20H19ClN4O3. The summed E-state index contributed by atoms with van der Waals surface area (Å²) in [5.74, 6) is 1.28. The van der Waals surface area contributed by atoms with E-state index >= 15 is 0 Å². The third-order valence-electron chi connectivity index (χ3n) is 4.43. The lowest BCUT2D eigenvalue weighted by Crippen LogP contribution is -2.20. The smallest absolute Gasteiger partial charge is 0.163 e. The Morgan fingerprint density at radius 2 is 1.96 bits per heavy atom. The Morgan fingerprint density at radius 1 is 1.14 bits per heavy atom. The standard InChI is InChI=1S/C20H19ClN4O3/c21-14-6-7-17-16(8-14)20(13-4-2-1-3-5-13)22-9-18-23-24-19(25(17)18)12-28-11-15(27)10-26/h1-8,15,26-27H,9-12H2/t15-/m1/s1. The van der Waals surface area contributed by atoms with Gasteiger partial charge in [-0.25, -0.2) is 0 Å². The van der Waals surface area contributed by atoms with E-state index in [1.54, 1.807) is 0 Å². The van der Waals surface area contributed by atoms with E-state index in [2.05, 4.69) is 10.2 Å². The molecule has 0 saturated heterocycles. The fourth-order valence-corrected chi connectivity index (χ4v) is 3.31. The summed E-state index contributed by atoms with van der Waals surface area (Å²) in [6.45, 7) is 0.168. The van der Waals surface area contributed by atoms with Gasteiger partial charge in [-0.15, -0.1) is 10.2 Å². The van der Waals surface area contributed by atoms with E-state index in [0.29, 0.717) is 23.2 Å². The number of aliphatic hydroxyl groups excluding tert-OH is 2. The first kappa shape index (κ1) is 18.8. The van der Waals surface area contributed by atoms with Gasteiger partial charge in [0.2, 0.25) is 0 Å². The van der Waals surface area contributed by atoms with Gasteiger partial charge < -0.3 is 14.9 Å². The molecule has 0 unspecified atom stereocenters. The Hall–Kier alpha value is -2.58. The maximum atomic E-state index is 9.47. The number of halogens is 1. The van der Waals surface area contributed by atoms with Gasteiger partial charge >= 0.3 is 0 Å². The van der Waals surface area contributed by atoms with Gasteiger partial charge in [-0.1, -0.05) is 41.9 Å². The van der Waals surface area contributed by atoms with Crippen molar-refractivity contribution in [3.63, 3.8) is 0 Å². The van der Waals surface area contributed by atoms with Crippen LogP contribution in [0.15, 0.2) is 53.5 Å². The molecule has 1 aliphatic heterocycles. The van der Waals surface area contributed by atoms with Gasteiger partial charge in [0.15, 0.2) is 11.6 Å². The molecule has 2 aromatic carbocycles. The van der Waals surface area contributed by atoms with Crippen molar-refractivity contribution in [3.05, 3.63) is 76.3 Å². The average molecular weight is 399 g/mol. The molecule has 0 fully saturated rings. The molecular weight excluding hydrogens is 380 g/mol. The monoisotopic (exact) mass is 398 g/mol. The van der Waals surface area contributed by atoms with Crippen molar-refractivity contribution in [1.29, 1.82) is 0 Å². The van der Waals surface area contributed by atoms with E-state index in [-0.39, 0.29) is 19.8 Å². The van der Waals surface area contributed by atoms with Crippen molar-refractivity contribution in [3.8, 4) is 5.69 Å². The zero-order valence-corrected chi connectivity index (χ0v) is 15.8. The van der Waals surface area contributed by atoms with Crippen molar-refractivity contribution in [2.24, 2.45) is 4.99 Å². The molecule has 0 aliphatic carbocycles. The van der Waals surface area contributed by atoms with Crippen LogP contribution in [0, 0.1) is 0 Å². The largest absolute Gasteiger partial charge is 0.394 e. The van der Waals surface area contributed by atoms with Crippen LogP contribution in [-0.2, 0) is 17.9 Å². The highest BCUT2D eigenvalue weighted by atomic mass is 35.5. The summed E-state index contributed by atoms with van der Waals surface area (Å²) in [4.78, 5) is 4.77. The minimum absolute atomic E-state index is 0.0118. The zero-order valence-electron chi connectivity index (χ0n) is 15.0. The fraction of sp³-hybridized carbons (Fsp3) is 0.250. The lowest BCUT2D eigenvalue weighted by Gasteiger charge is -2.14. The molecule has 4 rings (SSSR count). The summed E-state index contributed by atoms with van der Waals surface area (Å²) in [7, 11) is 0. The predicted octanol–water partition coefficient (Wildman–Crippen LogP) is 2.14. The number of aliphatic imine (C=N–C) groups is 1. The Morgan fingerprint density at radius 3 is 2.75 bits per heavy atom. The van der Waals surface area contributed by atoms with Crippen LogP contribution >= 0.6 is 11.6 Å². The second-order valence-corrected chi connectivity index (χ2v) is 6.85. The van der Waals surface area contributed by atoms with Gasteiger partial charge in [0, 0.05) is 16.1 Å². The molecule has 1 atom stereocenters. The summed E-state index contributed by atoms with van der Waals surface area (Å²) in [5, 5.41) is 27.5. The van der Waals surface area contributed by atoms with E-state index in [0.717, 1.165) is 22.5 Å². The van der Waals surface area contributed by atoms with Crippen LogP contribution in [-0.4, -0.2) is 50.0 Å². The third-order valence-corrected chi connectivity index (χ3v) is 4.66. The van der Waals surface area contributed by atoms with E-state index < -0.39 is 6.10 Å². The highest BCUT2D eigenvalue weighted by molar-refractivity contribution is 6.31. The number of benzene rings is 2. The van der Waals surface area contributed by atoms with E-state index in [1.165, 1.54) is 0 Å². The van der Waals surface area contributed by atoms with Crippen molar-refractivity contribution < 1.29 is 14.9 Å². The molecule has 0 amide bonds. The minimum atomic E-state index is -0.925. The molecule has 2 N–H and O–H groups in total. The van der Waals surface area contributed by atoms with Gasteiger partial charge in [-0.3, -0.25) is 9.56 Å². The van der Waals surface area contributed by atoms with Gasteiger partial charge in [0.05, 0.1) is 24.6 Å². The average Bonchev–Trinajstić information content (AvgIpc) is 3.04. The molecule has 2 heterocycles. The van der Waals surface area contributed by atoms with Crippen molar-refractivity contribution in [2.45, 2.75) is 19.3 Å². The number of hydrogen-bond donors (Lipinski definition) is 2. The SMILES string of the molecule is OC[C@@H](O)COCc1nnc2n1-c1ccc(Cl)cc1C(c1ccccc1)=NC2. The quantitative estimate of drug-likeness (QED) is 0.663. The molecule has 7 nitrogen and oxygen atoms in total. The molecule has 0 saturated carbocycles. The molecule has 1 aromatic heterocycles. The number of fused-ring (bicyclic) bond motifs is 3. The number of aromatic nitrogens is 3. The first-order chi connectivity index (χ1) is 13.7. The third kappa shape index (κ3) is 3.70. The maximum Gasteiger partial charge on any atom is 0.163 e. The van der Waals surface area contributed by atoms with E-state index in [1.807, 2.05) is 53.1 Å². The molecule has 1 aliphatic rings. The fourth-order valence-electron chi connectivity index (χ4n) is 3.14. The van der Waals surface area contributed by atoms with Crippen LogP contribution in [0.4, 0.5) is 0 Å². The number of aliphatic hydroxyl groups is 2. The van der Waals surface area contributed by atoms with Crippen LogP contribution in [0.2, 0.25) is 5.02 Å². The number of hydrogen-bond acceptors (Lipinski definition) is 6. The normalized spacial score (nSPS) is 14.0. The Kier molecular flexibility index (Phi) is 5.50. The van der Waals surface area contributed by atoms with Crippen molar-refractivity contribution in [1.82, 2.24) is 14.8 Å². The Balaban J connectivity index is 1.75. The lowest BCUT2D eigenvalue weighted by molar-refractivity contribution is -0.00212. The van der Waals surface area contributed by atoms with Gasteiger partial charge in [-0.05, 0) is 18.2 Å². The first-order valence-corrected chi connectivity index (χ1v) is 9.25. The molecule has 8 heteroatoms. The first-order valence-electron chi connectivity index (χ1n) is 8.87. The van der Waals surface area contributed by atoms with Gasteiger partial charge in [0.1, 0.15) is 19.3 Å². The molecule has 0 radical (unpaired) electrons. The highest BCUT2D eigenvalue weighted by Crippen LogP contribution is 2.28. The van der Waals surface area contributed by atoms with E-state index in [9.17, 15) is 5.11 Å². The Labute approximate surface area is 166 Å². The summed E-state index contributed by atoms with van der Waals surface area (Å²) in [5.41, 5.74) is 3.58. The summed E-state index contributed by atoms with van der Waals surface area (Å²) >= 11 is 6.29. The number of ether oxygens (including phenoxy) is 1. The van der Waals surface area contributed by atoms with Crippen LogP contribution in [0.3, 0.4) is 0 Å². The van der Waals surface area contributed by atoms with Crippen molar-refractivity contribution >= 4 is 17.3 Å². The Bertz CT molecular complexity index is 1000. The molecule has 144 valence electrons. The van der Waals surface area contributed by atoms with Crippen LogP contribution in [0.25, 0.3) is 5.69 Å². The molecule has 3 aromatic rings. The van der Waals surface area contributed by atoms with Crippen LogP contribution in [0.5, 0.6) is 0 Å². The van der Waals surface area contributed by atoms with Gasteiger partial charge in [0.25, 0.3) is 0 Å². The topological polar surface area (TPSA) is 92.8 Å². The lowest BCUT2D eigenvalue weighted by atomic mass is 10.0. The second kappa shape index (κ2) is 8.20. The molecule has 28 heavy (non-hydrogen) atoms.